The number of aryl methyl sites for hydroxylation is 1. The summed E-state index contributed by atoms with van der Waals surface area (Å²) in [5.74, 6) is 1.73. The Labute approximate surface area is 141 Å². The molecule has 1 aromatic heterocycles. The molecule has 0 saturated heterocycles. The van der Waals surface area contributed by atoms with E-state index in [2.05, 4.69) is 52.5 Å². The van der Waals surface area contributed by atoms with Crippen molar-refractivity contribution in [2.45, 2.75) is 58.4 Å². The van der Waals surface area contributed by atoms with Gasteiger partial charge in [-0.3, -0.25) is 0 Å². The molecule has 21 heavy (non-hydrogen) atoms. The van der Waals surface area contributed by atoms with Crippen LogP contribution in [0.25, 0.3) is 11.0 Å². The molecule has 0 saturated carbocycles. The molecule has 0 amide bonds. The summed E-state index contributed by atoms with van der Waals surface area (Å²) in [6.45, 7) is 4.55. The minimum absolute atomic E-state index is 0.472. The average molecular weight is 372 g/mol. The van der Waals surface area contributed by atoms with E-state index in [0.29, 0.717) is 11.9 Å². The second kappa shape index (κ2) is 8.19. The number of halogens is 2. The van der Waals surface area contributed by atoms with E-state index in [-0.39, 0.29) is 0 Å². The zero-order valence-electron chi connectivity index (χ0n) is 12.9. The highest BCUT2D eigenvalue weighted by molar-refractivity contribution is 9.10. The highest BCUT2D eigenvalue weighted by Gasteiger charge is 2.15. The van der Waals surface area contributed by atoms with Gasteiger partial charge in [-0.2, -0.15) is 0 Å². The van der Waals surface area contributed by atoms with E-state index in [1.807, 2.05) is 0 Å². The summed E-state index contributed by atoms with van der Waals surface area (Å²) >= 11 is 9.52. The number of aromatic nitrogens is 2. The maximum absolute atomic E-state index is 5.95. The van der Waals surface area contributed by atoms with Crippen LogP contribution in [0.4, 0.5) is 0 Å². The summed E-state index contributed by atoms with van der Waals surface area (Å²) < 4.78 is 3.49. The SMILES string of the molecule is CCCCCCC(C)n1c(CCCl)nc2ccc(Br)cc21. The van der Waals surface area contributed by atoms with Crippen molar-refractivity contribution in [1.82, 2.24) is 9.55 Å². The Kier molecular flexibility index (Phi) is 6.56. The van der Waals surface area contributed by atoms with Gasteiger partial charge in [-0.1, -0.05) is 48.5 Å². The van der Waals surface area contributed by atoms with Crippen molar-refractivity contribution in [3.63, 3.8) is 0 Å². The van der Waals surface area contributed by atoms with Crippen LogP contribution in [-0.2, 0) is 6.42 Å². The highest BCUT2D eigenvalue weighted by Crippen LogP contribution is 2.27. The number of fused-ring (bicyclic) bond motifs is 1. The first-order chi connectivity index (χ1) is 10.2. The molecule has 0 aliphatic carbocycles. The van der Waals surface area contributed by atoms with Gasteiger partial charge in [0.2, 0.25) is 0 Å². The Morgan fingerprint density at radius 1 is 1.29 bits per heavy atom. The lowest BCUT2D eigenvalue weighted by molar-refractivity contribution is 0.470. The van der Waals surface area contributed by atoms with E-state index in [9.17, 15) is 0 Å². The first kappa shape index (κ1) is 16.8. The van der Waals surface area contributed by atoms with E-state index >= 15 is 0 Å². The smallest absolute Gasteiger partial charge is 0.111 e. The molecule has 0 radical (unpaired) electrons. The molecule has 0 bridgehead atoms. The van der Waals surface area contributed by atoms with E-state index in [1.165, 1.54) is 37.6 Å². The van der Waals surface area contributed by atoms with Gasteiger partial charge in [-0.15, -0.1) is 11.6 Å². The molecule has 1 unspecified atom stereocenters. The van der Waals surface area contributed by atoms with Crippen LogP contribution in [0.15, 0.2) is 22.7 Å². The second-order valence-corrected chi connectivity index (χ2v) is 6.96. The predicted molar refractivity (Wildman–Crippen MR) is 95.3 cm³/mol. The lowest BCUT2D eigenvalue weighted by Crippen LogP contribution is -2.10. The number of nitrogens with zero attached hydrogens (tertiary/aromatic N) is 2. The molecule has 116 valence electrons. The third-order valence-corrected chi connectivity index (χ3v) is 4.64. The van der Waals surface area contributed by atoms with E-state index < -0.39 is 0 Å². The fourth-order valence-corrected chi connectivity index (χ4v) is 3.38. The normalized spacial score (nSPS) is 13.0. The molecule has 1 heterocycles. The number of imidazole rings is 1. The lowest BCUT2D eigenvalue weighted by atomic mass is 10.1. The number of hydrogen-bond donors (Lipinski definition) is 0. The first-order valence-electron chi connectivity index (χ1n) is 7.89. The van der Waals surface area contributed by atoms with Gasteiger partial charge in [-0.25, -0.2) is 4.98 Å². The Hall–Kier alpha value is -0.540. The van der Waals surface area contributed by atoms with Gasteiger partial charge < -0.3 is 4.57 Å². The third-order valence-electron chi connectivity index (χ3n) is 3.96. The molecular weight excluding hydrogens is 348 g/mol. The molecular formula is C17H24BrClN2. The summed E-state index contributed by atoms with van der Waals surface area (Å²) in [7, 11) is 0. The Morgan fingerprint density at radius 2 is 2.10 bits per heavy atom. The van der Waals surface area contributed by atoms with Crippen molar-refractivity contribution in [3.8, 4) is 0 Å². The molecule has 2 aromatic rings. The zero-order valence-corrected chi connectivity index (χ0v) is 15.3. The number of rotatable bonds is 8. The van der Waals surface area contributed by atoms with Crippen molar-refractivity contribution < 1.29 is 0 Å². The van der Waals surface area contributed by atoms with Gasteiger partial charge >= 0.3 is 0 Å². The monoisotopic (exact) mass is 370 g/mol. The van der Waals surface area contributed by atoms with E-state index in [1.54, 1.807) is 0 Å². The Morgan fingerprint density at radius 3 is 2.81 bits per heavy atom. The van der Waals surface area contributed by atoms with E-state index in [4.69, 9.17) is 16.6 Å². The van der Waals surface area contributed by atoms with Gasteiger partial charge in [0.1, 0.15) is 5.82 Å². The number of unbranched alkanes of at least 4 members (excludes halogenated alkanes) is 3. The third kappa shape index (κ3) is 4.23. The molecule has 4 heteroatoms. The molecule has 0 aliphatic heterocycles. The Bertz CT molecular complexity index is 579. The number of benzene rings is 1. The van der Waals surface area contributed by atoms with Gasteiger partial charge in [-0.05, 0) is 31.5 Å². The van der Waals surface area contributed by atoms with Crippen LogP contribution < -0.4 is 0 Å². The topological polar surface area (TPSA) is 17.8 Å². The fourth-order valence-electron chi connectivity index (χ4n) is 2.86. The van der Waals surface area contributed by atoms with Gasteiger partial charge in [0.25, 0.3) is 0 Å². The lowest BCUT2D eigenvalue weighted by Gasteiger charge is -2.17. The molecule has 0 fully saturated rings. The maximum Gasteiger partial charge on any atom is 0.111 e. The van der Waals surface area contributed by atoms with Crippen LogP contribution in [0.2, 0.25) is 0 Å². The van der Waals surface area contributed by atoms with Gasteiger partial charge in [0, 0.05) is 22.8 Å². The standard InChI is InChI=1S/C17H24BrClN2/c1-3-4-5-6-7-13(2)21-16-12-14(18)8-9-15(16)20-17(21)10-11-19/h8-9,12-13H,3-7,10-11H2,1-2H3. The summed E-state index contributed by atoms with van der Waals surface area (Å²) in [6, 6.07) is 6.77. The average Bonchev–Trinajstić information content (AvgIpc) is 2.81. The van der Waals surface area contributed by atoms with Crippen LogP contribution >= 0.6 is 27.5 Å². The number of hydrogen-bond acceptors (Lipinski definition) is 1. The Balaban J connectivity index is 2.25. The molecule has 1 aromatic carbocycles. The summed E-state index contributed by atoms with van der Waals surface area (Å²) in [5, 5.41) is 0. The summed E-state index contributed by atoms with van der Waals surface area (Å²) in [6.07, 6.45) is 7.25. The second-order valence-electron chi connectivity index (χ2n) is 5.67. The van der Waals surface area contributed by atoms with Gasteiger partial charge in [0.05, 0.1) is 11.0 Å². The van der Waals surface area contributed by atoms with Crippen LogP contribution in [0.3, 0.4) is 0 Å². The zero-order chi connectivity index (χ0) is 15.2. The first-order valence-corrected chi connectivity index (χ1v) is 9.22. The molecule has 0 N–H and O–H groups in total. The maximum atomic E-state index is 5.95. The summed E-state index contributed by atoms with van der Waals surface area (Å²) in [5.41, 5.74) is 2.28. The predicted octanol–water partition coefficient (Wildman–Crippen LogP) is 6.11. The fraction of sp³-hybridized carbons (Fsp3) is 0.588. The van der Waals surface area contributed by atoms with Crippen LogP contribution in [-0.4, -0.2) is 15.4 Å². The van der Waals surface area contributed by atoms with E-state index in [0.717, 1.165) is 22.2 Å². The van der Waals surface area contributed by atoms with Crippen molar-refractivity contribution >= 4 is 38.6 Å². The molecule has 0 aliphatic rings. The van der Waals surface area contributed by atoms with Crippen molar-refractivity contribution in [2.24, 2.45) is 0 Å². The van der Waals surface area contributed by atoms with Crippen LogP contribution in [0.5, 0.6) is 0 Å². The van der Waals surface area contributed by atoms with Crippen molar-refractivity contribution in [3.05, 3.63) is 28.5 Å². The van der Waals surface area contributed by atoms with Crippen molar-refractivity contribution in [1.29, 1.82) is 0 Å². The summed E-state index contributed by atoms with van der Waals surface area (Å²) in [4.78, 5) is 4.77. The quantitative estimate of drug-likeness (QED) is 0.404. The highest BCUT2D eigenvalue weighted by atomic mass is 79.9. The van der Waals surface area contributed by atoms with Crippen molar-refractivity contribution in [2.75, 3.05) is 5.88 Å². The molecule has 1 atom stereocenters. The van der Waals surface area contributed by atoms with Crippen LogP contribution in [0, 0.1) is 0 Å². The minimum atomic E-state index is 0.472. The van der Waals surface area contributed by atoms with Gasteiger partial charge in [0.15, 0.2) is 0 Å². The van der Waals surface area contributed by atoms with Crippen LogP contribution in [0.1, 0.15) is 57.8 Å². The largest absolute Gasteiger partial charge is 0.325 e. The molecule has 2 nitrogen and oxygen atoms in total. The molecule has 0 spiro atoms. The minimum Gasteiger partial charge on any atom is -0.325 e. The molecule has 2 rings (SSSR count). The number of alkyl halides is 1.